The molecule has 1 aliphatic heterocycles. The Hall–Kier alpha value is -2.07. The van der Waals surface area contributed by atoms with E-state index in [1.807, 2.05) is 12.3 Å². The van der Waals surface area contributed by atoms with Crippen molar-refractivity contribution in [1.29, 1.82) is 0 Å². The first-order chi connectivity index (χ1) is 12.4. The average molecular weight is 393 g/mol. The van der Waals surface area contributed by atoms with Gasteiger partial charge in [0, 0.05) is 24.5 Å². The minimum Gasteiger partial charge on any atom is -0.379 e. The largest absolute Gasteiger partial charge is 0.379 e. The maximum atomic E-state index is 12.6. The molecule has 0 spiro atoms. The lowest BCUT2D eigenvalue weighted by Crippen LogP contribution is -2.40. The van der Waals surface area contributed by atoms with Crippen molar-refractivity contribution in [2.45, 2.75) is 11.8 Å². The number of ether oxygens (including phenoxy) is 1. The van der Waals surface area contributed by atoms with Crippen LogP contribution < -0.4 is 5.32 Å². The highest BCUT2D eigenvalue weighted by Gasteiger charge is 2.25. The van der Waals surface area contributed by atoms with Crippen LogP contribution in [-0.4, -0.2) is 49.9 Å². The fraction of sp³-hybridized carbons (Fsp3) is 0.294. The fourth-order valence-corrected chi connectivity index (χ4v) is 4.52. The molecule has 3 rings (SSSR count). The summed E-state index contributed by atoms with van der Waals surface area (Å²) in [6, 6.07) is 6.44. The third kappa shape index (κ3) is 4.55. The van der Waals surface area contributed by atoms with E-state index in [1.165, 1.54) is 21.7 Å². The number of rotatable bonds is 5. The maximum Gasteiger partial charge on any atom is 0.250 e. The van der Waals surface area contributed by atoms with Crippen molar-refractivity contribution in [3.05, 3.63) is 47.0 Å². The number of hydrogen-bond donors (Lipinski definition) is 1. The van der Waals surface area contributed by atoms with Gasteiger partial charge in [-0.2, -0.15) is 4.31 Å². The number of nitrogens with one attached hydrogen (secondary N) is 1. The highest BCUT2D eigenvalue weighted by molar-refractivity contribution is 7.89. The van der Waals surface area contributed by atoms with Gasteiger partial charge in [-0.25, -0.2) is 13.4 Å². The Kier molecular flexibility index (Phi) is 5.82. The van der Waals surface area contributed by atoms with Gasteiger partial charge in [-0.1, -0.05) is 12.1 Å². The van der Waals surface area contributed by atoms with E-state index >= 15 is 0 Å². The van der Waals surface area contributed by atoms with Crippen LogP contribution in [0.5, 0.6) is 0 Å². The molecule has 0 bridgehead atoms. The Bertz CT molecular complexity index is 898. The standard InChI is InChI=1S/C17H19N3O4S2/c1-13-12-25-17(18-13)19-16(21)7-4-14-2-5-15(6-3-14)26(22,23)20-8-10-24-11-9-20/h2-7,12H,8-11H2,1H3,(H,18,19,21). The van der Waals surface area contributed by atoms with Crippen LogP contribution >= 0.6 is 11.3 Å². The van der Waals surface area contributed by atoms with E-state index < -0.39 is 10.0 Å². The lowest BCUT2D eigenvalue weighted by Gasteiger charge is -2.26. The van der Waals surface area contributed by atoms with Gasteiger partial charge in [0.15, 0.2) is 5.13 Å². The number of carbonyl (C=O) groups is 1. The predicted molar refractivity (Wildman–Crippen MR) is 101 cm³/mol. The number of morpholine rings is 1. The highest BCUT2D eigenvalue weighted by atomic mass is 32.2. The first kappa shape index (κ1) is 18.7. The number of nitrogens with zero attached hydrogens (tertiary/aromatic N) is 2. The number of aromatic nitrogens is 1. The highest BCUT2D eigenvalue weighted by Crippen LogP contribution is 2.18. The molecule has 1 amide bonds. The molecule has 1 N–H and O–H groups in total. The van der Waals surface area contributed by atoms with Gasteiger partial charge in [0.05, 0.1) is 23.8 Å². The van der Waals surface area contributed by atoms with Crippen molar-refractivity contribution in [2.24, 2.45) is 0 Å². The van der Waals surface area contributed by atoms with E-state index in [2.05, 4.69) is 10.3 Å². The number of anilines is 1. The summed E-state index contributed by atoms with van der Waals surface area (Å²) in [5, 5.41) is 5.08. The van der Waals surface area contributed by atoms with E-state index in [1.54, 1.807) is 30.3 Å². The third-order valence-corrected chi connectivity index (χ3v) is 6.55. The number of sulfonamides is 1. The molecule has 1 fully saturated rings. The minimum absolute atomic E-state index is 0.235. The molecule has 138 valence electrons. The van der Waals surface area contributed by atoms with Gasteiger partial charge in [-0.15, -0.1) is 11.3 Å². The fourth-order valence-electron chi connectivity index (χ4n) is 2.42. The van der Waals surface area contributed by atoms with Crippen molar-refractivity contribution < 1.29 is 17.9 Å². The van der Waals surface area contributed by atoms with Crippen LogP contribution in [0.1, 0.15) is 11.3 Å². The zero-order valence-corrected chi connectivity index (χ0v) is 15.8. The van der Waals surface area contributed by atoms with Crippen molar-refractivity contribution in [3.8, 4) is 0 Å². The summed E-state index contributed by atoms with van der Waals surface area (Å²) < 4.78 is 31.7. The van der Waals surface area contributed by atoms with Crippen molar-refractivity contribution in [2.75, 3.05) is 31.6 Å². The normalized spacial score (nSPS) is 16.0. The molecule has 1 aromatic carbocycles. The molecule has 0 radical (unpaired) electrons. The zero-order valence-electron chi connectivity index (χ0n) is 14.2. The van der Waals surface area contributed by atoms with Gasteiger partial charge in [-0.05, 0) is 30.7 Å². The van der Waals surface area contributed by atoms with Crippen LogP contribution in [0.4, 0.5) is 5.13 Å². The van der Waals surface area contributed by atoms with Crippen LogP contribution in [0.15, 0.2) is 40.6 Å². The summed E-state index contributed by atoms with van der Waals surface area (Å²) in [7, 11) is -3.51. The Labute approximate surface area is 156 Å². The van der Waals surface area contributed by atoms with Crippen molar-refractivity contribution in [1.82, 2.24) is 9.29 Å². The smallest absolute Gasteiger partial charge is 0.250 e. The zero-order chi connectivity index (χ0) is 18.6. The van der Waals surface area contributed by atoms with Crippen molar-refractivity contribution in [3.63, 3.8) is 0 Å². The molecule has 1 aliphatic rings. The molecule has 7 nitrogen and oxygen atoms in total. The Morgan fingerprint density at radius 2 is 1.96 bits per heavy atom. The first-order valence-electron chi connectivity index (χ1n) is 8.04. The number of thiazole rings is 1. The Balaban J connectivity index is 1.64. The summed E-state index contributed by atoms with van der Waals surface area (Å²) in [6.07, 6.45) is 3.02. The van der Waals surface area contributed by atoms with Crippen LogP contribution in [0.2, 0.25) is 0 Å². The number of aryl methyl sites for hydroxylation is 1. The Morgan fingerprint density at radius 3 is 2.58 bits per heavy atom. The van der Waals surface area contributed by atoms with Crippen LogP contribution in [-0.2, 0) is 19.6 Å². The molecule has 1 saturated heterocycles. The third-order valence-electron chi connectivity index (χ3n) is 3.76. The second-order valence-electron chi connectivity index (χ2n) is 5.70. The number of amides is 1. The SMILES string of the molecule is Cc1csc(NC(=O)C=Cc2ccc(S(=O)(=O)N3CCOCC3)cc2)n1. The van der Waals surface area contributed by atoms with Gasteiger partial charge < -0.3 is 4.74 Å². The summed E-state index contributed by atoms with van der Waals surface area (Å²) >= 11 is 1.36. The predicted octanol–water partition coefficient (Wildman–Crippen LogP) is 2.12. The van der Waals surface area contributed by atoms with Crippen LogP contribution in [0, 0.1) is 6.92 Å². The summed E-state index contributed by atoms with van der Waals surface area (Å²) in [5.41, 5.74) is 1.59. The molecule has 2 aromatic rings. The quantitative estimate of drug-likeness (QED) is 0.786. The molecule has 0 aliphatic carbocycles. The lowest BCUT2D eigenvalue weighted by molar-refractivity contribution is -0.111. The second-order valence-corrected chi connectivity index (χ2v) is 8.50. The van der Waals surface area contributed by atoms with Gasteiger partial charge in [0.1, 0.15) is 0 Å². The van der Waals surface area contributed by atoms with Crippen LogP contribution in [0.3, 0.4) is 0 Å². The molecule has 0 atom stereocenters. The first-order valence-corrected chi connectivity index (χ1v) is 10.4. The van der Waals surface area contributed by atoms with Gasteiger partial charge in [0.2, 0.25) is 15.9 Å². The molecule has 9 heteroatoms. The molecular weight excluding hydrogens is 374 g/mol. The molecule has 26 heavy (non-hydrogen) atoms. The molecule has 1 aromatic heterocycles. The number of carbonyl (C=O) groups excluding carboxylic acids is 1. The number of benzene rings is 1. The summed E-state index contributed by atoms with van der Waals surface area (Å²) in [6.45, 7) is 3.40. The average Bonchev–Trinajstić information content (AvgIpc) is 3.06. The molecule has 0 saturated carbocycles. The van der Waals surface area contributed by atoms with E-state index in [-0.39, 0.29) is 10.8 Å². The monoisotopic (exact) mass is 393 g/mol. The molecular formula is C17H19N3O4S2. The summed E-state index contributed by atoms with van der Waals surface area (Å²) in [4.78, 5) is 16.3. The summed E-state index contributed by atoms with van der Waals surface area (Å²) in [5.74, 6) is -0.288. The second kappa shape index (κ2) is 8.09. The van der Waals surface area contributed by atoms with E-state index in [4.69, 9.17) is 4.74 Å². The lowest BCUT2D eigenvalue weighted by atomic mass is 10.2. The van der Waals surface area contributed by atoms with Gasteiger partial charge >= 0.3 is 0 Å². The van der Waals surface area contributed by atoms with E-state index in [9.17, 15) is 13.2 Å². The van der Waals surface area contributed by atoms with E-state index in [0.29, 0.717) is 31.4 Å². The van der Waals surface area contributed by atoms with E-state index in [0.717, 1.165) is 11.3 Å². The Morgan fingerprint density at radius 1 is 1.27 bits per heavy atom. The molecule has 2 heterocycles. The van der Waals surface area contributed by atoms with Crippen molar-refractivity contribution >= 4 is 38.5 Å². The van der Waals surface area contributed by atoms with Gasteiger partial charge in [-0.3, -0.25) is 10.1 Å². The maximum absolute atomic E-state index is 12.6. The topological polar surface area (TPSA) is 88.6 Å². The minimum atomic E-state index is -3.51. The molecule has 0 unspecified atom stereocenters. The van der Waals surface area contributed by atoms with Gasteiger partial charge in [0.25, 0.3) is 0 Å². The van der Waals surface area contributed by atoms with Crippen LogP contribution in [0.25, 0.3) is 6.08 Å². The number of hydrogen-bond acceptors (Lipinski definition) is 6.